The first kappa shape index (κ1) is 10.8. The van der Waals surface area contributed by atoms with Crippen LogP contribution in [0.4, 0.5) is 0 Å². The van der Waals surface area contributed by atoms with Crippen molar-refractivity contribution in [3.8, 4) is 0 Å². The summed E-state index contributed by atoms with van der Waals surface area (Å²) >= 11 is 0. The smallest absolute Gasteiger partial charge is 0.0717 e. The molecular formula is C12H17NO. The Morgan fingerprint density at radius 1 is 1.43 bits per heavy atom. The predicted octanol–water partition coefficient (Wildman–Crippen LogP) is 2.59. The molecule has 1 N–H and O–H groups in total. The average Bonchev–Trinajstić information content (AvgIpc) is 2.18. The molecule has 0 spiro atoms. The molecule has 0 aliphatic carbocycles. The van der Waals surface area contributed by atoms with Crippen molar-refractivity contribution >= 4 is 0 Å². The van der Waals surface area contributed by atoms with Crippen LogP contribution in [-0.4, -0.2) is 6.61 Å². The van der Waals surface area contributed by atoms with E-state index >= 15 is 0 Å². The van der Waals surface area contributed by atoms with Gasteiger partial charge in [-0.25, -0.2) is 0 Å². The second-order valence-corrected chi connectivity index (χ2v) is 3.15. The van der Waals surface area contributed by atoms with Crippen LogP contribution >= 0.6 is 0 Å². The molecule has 0 saturated carbocycles. The Balaban J connectivity index is 2.34. The van der Waals surface area contributed by atoms with Gasteiger partial charge in [0.2, 0.25) is 0 Å². The van der Waals surface area contributed by atoms with E-state index in [4.69, 9.17) is 4.84 Å². The number of rotatable bonds is 5. The van der Waals surface area contributed by atoms with Gasteiger partial charge in [0.25, 0.3) is 0 Å². The molecule has 0 aromatic heterocycles. The van der Waals surface area contributed by atoms with E-state index in [1.54, 1.807) is 0 Å². The van der Waals surface area contributed by atoms with Crippen molar-refractivity contribution in [3.05, 3.63) is 47.7 Å². The van der Waals surface area contributed by atoms with Gasteiger partial charge >= 0.3 is 0 Å². The van der Waals surface area contributed by atoms with E-state index in [9.17, 15) is 0 Å². The summed E-state index contributed by atoms with van der Waals surface area (Å²) in [5, 5.41) is 0. The Morgan fingerprint density at radius 2 is 2.29 bits per heavy atom. The highest BCUT2D eigenvalue weighted by Gasteiger charge is 1.88. The van der Waals surface area contributed by atoms with E-state index < -0.39 is 0 Å². The molecule has 76 valence electrons. The molecule has 0 bridgehead atoms. The van der Waals surface area contributed by atoms with Crippen LogP contribution in [0.5, 0.6) is 0 Å². The molecule has 2 nitrogen and oxygen atoms in total. The van der Waals surface area contributed by atoms with Crippen LogP contribution in [-0.2, 0) is 11.3 Å². The molecule has 1 aromatic rings. The van der Waals surface area contributed by atoms with Gasteiger partial charge in [0, 0.05) is 6.20 Å². The van der Waals surface area contributed by atoms with E-state index in [0.717, 1.165) is 6.42 Å². The summed E-state index contributed by atoms with van der Waals surface area (Å²) in [5.74, 6) is 0. The molecular weight excluding hydrogens is 174 g/mol. The van der Waals surface area contributed by atoms with Gasteiger partial charge in [-0.15, -0.1) is 0 Å². The average molecular weight is 191 g/mol. The van der Waals surface area contributed by atoms with Crippen LogP contribution < -0.4 is 5.48 Å². The van der Waals surface area contributed by atoms with Crippen molar-refractivity contribution in [1.82, 2.24) is 5.48 Å². The highest BCUT2D eigenvalue weighted by atomic mass is 16.6. The number of nitrogens with one attached hydrogen (secondary N) is 1. The third-order valence-electron chi connectivity index (χ3n) is 1.85. The SMILES string of the molecule is CCON/C=C/Cc1cccc(C)c1. The standard InChI is InChI=1S/C12H17NO/c1-3-14-13-9-5-8-12-7-4-6-11(2)10-12/h4-7,9-10,13H,3,8H2,1-2H3/b9-5+. The minimum atomic E-state index is 0.675. The lowest BCUT2D eigenvalue weighted by molar-refractivity contribution is 0.0824. The summed E-state index contributed by atoms with van der Waals surface area (Å²) < 4.78 is 0. The van der Waals surface area contributed by atoms with Gasteiger partial charge in [0.05, 0.1) is 6.61 Å². The molecule has 0 fully saturated rings. The van der Waals surface area contributed by atoms with Crippen molar-refractivity contribution in [1.29, 1.82) is 0 Å². The molecule has 0 saturated heterocycles. The normalized spacial score (nSPS) is 10.7. The van der Waals surface area contributed by atoms with Gasteiger partial charge < -0.3 is 0 Å². The topological polar surface area (TPSA) is 21.3 Å². The van der Waals surface area contributed by atoms with Crippen molar-refractivity contribution < 1.29 is 4.84 Å². The lowest BCUT2D eigenvalue weighted by atomic mass is 10.1. The first-order chi connectivity index (χ1) is 6.83. The quantitative estimate of drug-likeness (QED) is 0.570. The number of allylic oxidation sites excluding steroid dienone is 1. The van der Waals surface area contributed by atoms with Crippen molar-refractivity contribution in [3.63, 3.8) is 0 Å². The predicted molar refractivity (Wildman–Crippen MR) is 58.8 cm³/mol. The molecule has 0 atom stereocenters. The fourth-order valence-corrected chi connectivity index (χ4v) is 1.21. The fourth-order valence-electron chi connectivity index (χ4n) is 1.21. The molecule has 0 aliphatic rings. The van der Waals surface area contributed by atoms with Crippen LogP contribution in [0.2, 0.25) is 0 Å². The molecule has 0 heterocycles. The zero-order valence-electron chi connectivity index (χ0n) is 8.79. The van der Waals surface area contributed by atoms with Gasteiger partial charge in [0.1, 0.15) is 0 Å². The molecule has 0 aliphatic heterocycles. The molecule has 0 amide bonds. The van der Waals surface area contributed by atoms with Crippen LogP contribution in [0.15, 0.2) is 36.5 Å². The number of benzene rings is 1. The number of hydroxylamine groups is 1. The van der Waals surface area contributed by atoms with Crippen LogP contribution in [0, 0.1) is 6.92 Å². The van der Waals surface area contributed by atoms with E-state index in [-0.39, 0.29) is 0 Å². The van der Waals surface area contributed by atoms with E-state index in [2.05, 4.69) is 36.7 Å². The number of hydrogen-bond donors (Lipinski definition) is 1. The van der Waals surface area contributed by atoms with Gasteiger partial charge in [-0.05, 0) is 25.8 Å². The summed E-state index contributed by atoms with van der Waals surface area (Å²) in [4.78, 5) is 4.96. The summed E-state index contributed by atoms with van der Waals surface area (Å²) in [7, 11) is 0. The van der Waals surface area contributed by atoms with Crippen LogP contribution in [0.1, 0.15) is 18.1 Å². The highest BCUT2D eigenvalue weighted by Crippen LogP contribution is 2.04. The van der Waals surface area contributed by atoms with Gasteiger partial charge in [-0.3, -0.25) is 10.3 Å². The van der Waals surface area contributed by atoms with Gasteiger partial charge in [-0.2, -0.15) is 0 Å². The fraction of sp³-hybridized carbons (Fsp3) is 0.333. The summed E-state index contributed by atoms with van der Waals surface area (Å²) in [6.45, 7) is 4.72. The molecule has 0 radical (unpaired) electrons. The first-order valence-corrected chi connectivity index (χ1v) is 4.91. The highest BCUT2D eigenvalue weighted by molar-refractivity contribution is 5.23. The van der Waals surface area contributed by atoms with Crippen LogP contribution in [0.3, 0.4) is 0 Å². The molecule has 0 unspecified atom stereocenters. The number of aryl methyl sites for hydroxylation is 1. The Labute approximate surface area is 85.5 Å². The van der Waals surface area contributed by atoms with Crippen molar-refractivity contribution in [2.75, 3.05) is 6.61 Å². The maximum atomic E-state index is 4.96. The van der Waals surface area contributed by atoms with Gasteiger partial charge in [-0.1, -0.05) is 35.9 Å². The van der Waals surface area contributed by atoms with E-state index in [1.165, 1.54) is 11.1 Å². The molecule has 2 heteroatoms. The van der Waals surface area contributed by atoms with Crippen LogP contribution in [0.25, 0.3) is 0 Å². The zero-order chi connectivity index (χ0) is 10.2. The monoisotopic (exact) mass is 191 g/mol. The third-order valence-corrected chi connectivity index (χ3v) is 1.85. The largest absolute Gasteiger partial charge is 0.277 e. The Kier molecular flexibility index (Phi) is 4.79. The molecule has 1 rings (SSSR count). The first-order valence-electron chi connectivity index (χ1n) is 4.91. The maximum Gasteiger partial charge on any atom is 0.0717 e. The minimum absolute atomic E-state index is 0.675. The lowest BCUT2D eigenvalue weighted by Gasteiger charge is -1.99. The maximum absolute atomic E-state index is 4.96. The summed E-state index contributed by atoms with van der Waals surface area (Å²) in [5.41, 5.74) is 5.36. The second kappa shape index (κ2) is 6.22. The Bertz CT molecular complexity index is 294. The summed E-state index contributed by atoms with van der Waals surface area (Å²) in [6, 6.07) is 8.49. The van der Waals surface area contributed by atoms with Gasteiger partial charge in [0.15, 0.2) is 0 Å². The Hall–Kier alpha value is -1.28. The van der Waals surface area contributed by atoms with Crippen molar-refractivity contribution in [2.45, 2.75) is 20.3 Å². The van der Waals surface area contributed by atoms with E-state index in [1.807, 2.05) is 19.2 Å². The van der Waals surface area contributed by atoms with E-state index in [0.29, 0.717) is 6.61 Å². The Morgan fingerprint density at radius 3 is 3.00 bits per heavy atom. The third kappa shape index (κ3) is 4.10. The molecule has 14 heavy (non-hydrogen) atoms. The summed E-state index contributed by atoms with van der Waals surface area (Å²) in [6.07, 6.45) is 4.80. The second-order valence-electron chi connectivity index (χ2n) is 3.15. The zero-order valence-corrected chi connectivity index (χ0v) is 8.79. The molecule has 1 aromatic carbocycles. The lowest BCUT2D eigenvalue weighted by Crippen LogP contribution is -2.05. The number of hydrogen-bond acceptors (Lipinski definition) is 2. The minimum Gasteiger partial charge on any atom is -0.277 e. The van der Waals surface area contributed by atoms with Crippen molar-refractivity contribution in [2.24, 2.45) is 0 Å².